The van der Waals surface area contributed by atoms with Crippen LogP contribution in [0.1, 0.15) is 0 Å². The van der Waals surface area contributed by atoms with Gasteiger partial charge in [-0.05, 0) is 0 Å². The summed E-state index contributed by atoms with van der Waals surface area (Å²) in [6.07, 6.45) is 0. The van der Waals surface area contributed by atoms with Gasteiger partial charge in [0.25, 0.3) is 0 Å². The summed E-state index contributed by atoms with van der Waals surface area (Å²) in [6, 6.07) is 0. The molecule has 1 N–H and O–H groups in total. The van der Waals surface area contributed by atoms with E-state index in [9.17, 15) is 4.79 Å². The molecule has 0 aliphatic heterocycles. The van der Waals surface area contributed by atoms with Gasteiger partial charge in [-0.3, -0.25) is 4.79 Å². The van der Waals surface area contributed by atoms with Crippen LogP contribution >= 0.6 is 22.6 Å². The molecule has 0 aromatic rings. The number of alkyl halides is 1. The van der Waals surface area contributed by atoms with Gasteiger partial charge in [0, 0.05) is 0 Å². The molecular weight excluding hydrogens is 223 g/mol. The number of carbonyl (C=O) groups is 1. The first-order chi connectivity index (χ1) is 2.27. The van der Waals surface area contributed by atoms with Gasteiger partial charge < -0.3 is 5.11 Å². The molecule has 0 heterocycles. The fourth-order valence-corrected chi connectivity index (χ4v) is 0. The van der Waals surface area contributed by atoms with Crippen LogP contribution in [0, 0.1) is 0 Å². The van der Waals surface area contributed by atoms with E-state index in [0.717, 1.165) is 0 Å². The molecule has 2 nitrogen and oxygen atoms in total. The Hall–Kier alpha value is 1.46. The summed E-state index contributed by atoms with van der Waals surface area (Å²) in [5.74, 6) is -0.759. The SMILES string of the molecule is O=C(O)CI.[CaH2]. The van der Waals surface area contributed by atoms with Crippen molar-refractivity contribution in [3.05, 3.63) is 0 Å². The second-order valence-electron chi connectivity index (χ2n) is 0.527. The van der Waals surface area contributed by atoms with Crippen LogP contribution in [0.3, 0.4) is 0 Å². The monoisotopic (exact) mass is 228 g/mol. The van der Waals surface area contributed by atoms with Crippen molar-refractivity contribution in [2.45, 2.75) is 0 Å². The fourth-order valence-electron chi connectivity index (χ4n) is 0. The molecule has 0 bridgehead atoms. The van der Waals surface area contributed by atoms with Gasteiger partial charge >= 0.3 is 43.7 Å². The molecule has 0 aromatic heterocycles. The van der Waals surface area contributed by atoms with Gasteiger partial charge in [0.2, 0.25) is 0 Å². The molecule has 0 aliphatic rings. The Morgan fingerprint density at radius 2 is 2.00 bits per heavy atom. The fraction of sp³-hybridized carbons (Fsp3) is 0.500. The Morgan fingerprint density at radius 3 is 2.00 bits per heavy atom. The van der Waals surface area contributed by atoms with E-state index in [1.54, 1.807) is 22.6 Å². The molecule has 0 unspecified atom stereocenters. The van der Waals surface area contributed by atoms with E-state index in [1.165, 1.54) is 0 Å². The summed E-state index contributed by atoms with van der Waals surface area (Å²) in [5, 5.41) is 7.71. The number of halogens is 1. The molecule has 0 aliphatic carbocycles. The van der Waals surface area contributed by atoms with Crippen LogP contribution in [-0.4, -0.2) is 53.2 Å². The molecule has 0 amide bonds. The number of hydrogen-bond acceptors (Lipinski definition) is 1. The van der Waals surface area contributed by atoms with Crippen molar-refractivity contribution in [1.82, 2.24) is 0 Å². The Bertz CT molecular complexity index is 46.8. The molecule has 0 spiro atoms. The number of carboxylic acids is 1. The van der Waals surface area contributed by atoms with E-state index < -0.39 is 5.97 Å². The third-order valence-electron chi connectivity index (χ3n) is 0.114. The number of hydrogen-bond donors (Lipinski definition) is 1. The Kier molecular flexibility index (Phi) is 11.2. The molecule has 0 rings (SSSR count). The van der Waals surface area contributed by atoms with Crippen molar-refractivity contribution in [2.24, 2.45) is 0 Å². The van der Waals surface area contributed by atoms with Crippen LogP contribution in [0.25, 0.3) is 0 Å². The summed E-state index contributed by atoms with van der Waals surface area (Å²) in [6.45, 7) is 0. The van der Waals surface area contributed by atoms with Crippen LogP contribution in [0.4, 0.5) is 0 Å². The number of carboxylic acid groups (broad SMARTS) is 1. The Morgan fingerprint density at radius 1 is 1.83 bits per heavy atom. The molecule has 0 aromatic carbocycles. The van der Waals surface area contributed by atoms with Gasteiger partial charge in [0.05, 0.1) is 4.43 Å². The number of aliphatic carboxylic acids is 1. The van der Waals surface area contributed by atoms with E-state index >= 15 is 0 Å². The summed E-state index contributed by atoms with van der Waals surface area (Å²) >= 11 is 1.78. The van der Waals surface area contributed by atoms with E-state index in [1.807, 2.05) is 0 Å². The quantitative estimate of drug-likeness (QED) is 0.376. The summed E-state index contributed by atoms with van der Waals surface area (Å²) in [4.78, 5) is 9.36. The molecule has 34 valence electrons. The molecule has 6 heavy (non-hydrogen) atoms. The van der Waals surface area contributed by atoms with E-state index in [-0.39, 0.29) is 42.2 Å². The van der Waals surface area contributed by atoms with Gasteiger partial charge in [-0.15, -0.1) is 0 Å². The average Bonchev–Trinajstić information content (AvgIpc) is 1.38. The zero-order valence-corrected chi connectivity index (χ0v) is 4.60. The molecular formula is C2H5CaIO2. The van der Waals surface area contributed by atoms with Gasteiger partial charge in [-0.2, -0.15) is 0 Å². The van der Waals surface area contributed by atoms with Crippen molar-refractivity contribution in [2.75, 3.05) is 4.43 Å². The third kappa shape index (κ3) is 9.07. The topological polar surface area (TPSA) is 37.3 Å². The Labute approximate surface area is 79.4 Å². The minimum atomic E-state index is -0.759. The van der Waals surface area contributed by atoms with Crippen molar-refractivity contribution in [3.8, 4) is 0 Å². The molecule has 0 fully saturated rings. The molecule has 0 atom stereocenters. The van der Waals surface area contributed by atoms with Crippen molar-refractivity contribution < 1.29 is 9.90 Å². The van der Waals surface area contributed by atoms with Gasteiger partial charge in [0.1, 0.15) is 0 Å². The first-order valence-electron chi connectivity index (χ1n) is 1.05. The third-order valence-corrected chi connectivity index (χ3v) is 0.767. The molecule has 0 radical (unpaired) electrons. The van der Waals surface area contributed by atoms with E-state index in [0.29, 0.717) is 0 Å². The predicted octanol–water partition coefficient (Wildman–Crippen LogP) is -0.410. The predicted molar refractivity (Wildman–Crippen MR) is 35.1 cm³/mol. The normalized spacial score (nSPS) is 6.17. The number of rotatable bonds is 1. The Balaban J connectivity index is 0. The molecule has 0 saturated heterocycles. The zero-order valence-electron chi connectivity index (χ0n) is 2.44. The summed E-state index contributed by atoms with van der Waals surface area (Å²) in [5.41, 5.74) is 0. The molecule has 4 heteroatoms. The first-order valence-corrected chi connectivity index (χ1v) is 2.57. The van der Waals surface area contributed by atoms with Gasteiger partial charge in [-0.25, -0.2) is 0 Å². The maximum absolute atomic E-state index is 9.36. The van der Waals surface area contributed by atoms with Gasteiger partial charge in [0.15, 0.2) is 0 Å². The van der Waals surface area contributed by atoms with Crippen LogP contribution in [0.5, 0.6) is 0 Å². The average molecular weight is 228 g/mol. The van der Waals surface area contributed by atoms with Crippen molar-refractivity contribution in [3.63, 3.8) is 0 Å². The maximum atomic E-state index is 9.36. The zero-order chi connectivity index (χ0) is 4.28. The van der Waals surface area contributed by atoms with Crippen LogP contribution in [0.2, 0.25) is 0 Å². The minimum absolute atomic E-state index is 0. The van der Waals surface area contributed by atoms with Crippen LogP contribution in [0.15, 0.2) is 0 Å². The summed E-state index contributed by atoms with van der Waals surface area (Å²) < 4.78 is 0.192. The summed E-state index contributed by atoms with van der Waals surface area (Å²) in [7, 11) is 0. The second-order valence-corrected chi connectivity index (χ2v) is 1.29. The second kappa shape index (κ2) is 6.46. The van der Waals surface area contributed by atoms with Gasteiger partial charge in [-0.1, -0.05) is 22.6 Å². The van der Waals surface area contributed by atoms with Crippen molar-refractivity contribution >= 4 is 66.3 Å². The van der Waals surface area contributed by atoms with E-state index in [4.69, 9.17) is 5.11 Å². The van der Waals surface area contributed by atoms with E-state index in [2.05, 4.69) is 0 Å². The van der Waals surface area contributed by atoms with Crippen LogP contribution in [-0.2, 0) is 4.79 Å². The molecule has 0 saturated carbocycles. The van der Waals surface area contributed by atoms with Crippen molar-refractivity contribution in [1.29, 1.82) is 0 Å². The standard InChI is InChI=1S/C2H3IO2.Ca.2H/c3-1-2(4)5;;;/h1H2,(H,4,5);;;. The first kappa shape index (κ1) is 10.4. The van der Waals surface area contributed by atoms with Crippen LogP contribution < -0.4 is 0 Å².